The summed E-state index contributed by atoms with van der Waals surface area (Å²) in [5, 5.41) is 0.438. The zero-order valence-corrected chi connectivity index (χ0v) is 3.82. The van der Waals surface area contributed by atoms with Gasteiger partial charge in [0.15, 0.2) is 0 Å². The van der Waals surface area contributed by atoms with Gasteiger partial charge >= 0.3 is 25.8 Å². The first-order chi connectivity index (χ1) is 1.41. The summed E-state index contributed by atoms with van der Waals surface area (Å²) in [7, 11) is 0. The minimum Gasteiger partial charge on any atom is 0 e. The molecule has 0 bridgehead atoms. The van der Waals surface area contributed by atoms with Crippen LogP contribution >= 0.6 is 0 Å². The third kappa shape index (κ3) is 16.0. The molecule has 0 aromatic rings. The van der Waals surface area contributed by atoms with E-state index >= 15 is 0 Å². The maximum absolute atomic E-state index is 8.67. The first-order valence-corrected chi connectivity index (χ1v) is 1.03. The van der Waals surface area contributed by atoms with Crippen molar-refractivity contribution >= 4 is 5.22 Å². The van der Waals surface area contributed by atoms with Crippen molar-refractivity contribution < 1.29 is 37.6 Å². The molecule has 0 heterocycles. The molecule has 0 aliphatic rings. The van der Waals surface area contributed by atoms with Crippen LogP contribution in [-0.2, 0) is 37.6 Å². The van der Waals surface area contributed by atoms with Gasteiger partial charge in [0, 0.05) is 17.1 Å². The zero-order chi connectivity index (χ0) is 2.71. The number of carbonyl (C=O) groups excluding carboxylic acids is 1. The largest absolute Gasteiger partial charge is 0 e. The average Bonchev–Trinajstić information content (AvgIpc) is 0.918. The van der Waals surface area contributed by atoms with Crippen LogP contribution in [0.5, 0.6) is 0 Å². The Morgan fingerprint density at radius 2 is 1.75 bits per heavy atom. The molecule has 0 saturated heterocycles. The van der Waals surface area contributed by atoms with Crippen LogP contribution in [0.1, 0.15) is 0 Å². The summed E-state index contributed by atoms with van der Waals surface area (Å²) >= 11 is 3.15. The number of rotatable bonds is 0. The molecule has 0 spiro atoms. The van der Waals surface area contributed by atoms with E-state index in [1.54, 1.807) is 0 Å². The first kappa shape index (κ1) is 8.83. The fraction of sp³-hybridized carbons (Fsp3) is 0. The Morgan fingerprint density at radius 1 is 1.75 bits per heavy atom. The predicted molar refractivity (Wildman–Crippen MR) is 6.75 cm³/mol. The van der Waals surface area contributed by atoms with Crippen LogP contribution in [0.3, 0.4) is 0 Å². The van der Waals surface area contributed by atoms with Gasteiger partial charge in [-0.3, -0.25) is 0 Å². The van der Waals surface area contributed by atoms with Crippen LogP contribution in [0.4, 0.5) is 0 Å². The minimum atomic E-state index is 0. The SMILES string of the molecule is O=[CH][Co].[Fe]. The molecule has 0 aromatic carbocycles. The molecule has 0 aliphatic carbocycles. The quantitative estimate of drug-likeness (QED) is 0.337. The smallest absolute Gasteiger partial charge is 0 e. The van der Waals surface area contributed by atoms with Gasteiger partial charge in [0.1, 0.15) is 0 Å². The summed E-state index contributed by atoms with van der Waals surface area (Å²) in [6.07, 6.45) is 0. The van der Waals surface area contributed by atoms with Crippen molar-refractivity contribution in [2.75, 3.05) is 0 Å². The summed E-state index contributed by atoms with van der Waals surface area (Å²) in [5.74, 6) is 0. The molecule has 3 heteroatoms. The van der Waals surface area contributed by atoms with E-state index in [1.165, 1.54) is 0 Å². The molecule has 0 aromatic heterocycles. The Bertz CT molecular complexity index is 15.5. The topological polar surface area (TPSA) is 17.1 Å². The van der Waals surface area contributed by atoms with Crippen molar-refractivity contribution in [3.63, 3.8) is 0 Å². The van der Waals surface area contributed by atoms with Crippen molar-refractivity contribution in [3.05, 3.63) is 0 Å². The molecule has 1 nitrogen and oxygen atoms in total. The monoisotopic (exact) mass is 144 g/mol. The van der Waals surface area contributed by atoms with Gasteiger partial charge in [-0.05, 0) is 0 Å². The predicted octanol–water partition coefficient (Wildman–Crippen LogP) is -0.279. The number of hydrogen-bond acceptors (Lipinski definition) is 1. The third-order valence-electron chi connectivity index (χ3n) is 0. The van der Waals surface area contributed by atoms with Crippen LogP contribution in [0, 0.1) is 0 Å². The summed E-state index contributed by atoms with van der Waals surface area (Å²) in [5.41, 5.74) is 0. The van der Waals surface area contributed by atoms with Crippen molar-refractivity contribution in [3.8, 4) is 0 Å². The summed E-state index contributed by atoms with van der Waals surface area (Å²) in [6, 6.07) is 0. The van der Waals surface area contributed by atoms with E-state index in [0.29, 0.717) is 5.22 Å². The molecule has 0 aliphatic heterocycles. The maximum Gasteiger partial charge on any atom is 0 e. The molecule has 0 unspecified atom stereocenters. The van der Waals surface area contributed by atoms with Gasteiger partial charge in [-0.15, -0.1) is 0 Å². The number of carbonyl (C=O) groups is 1. The van der Waals surface area contributed by atoms with Crippen LogP contribution < -0.4 is 0 Å². The first-order valence-electron chi connectivity index (χ1n) is 0.428. The molecular formula is CHCoFeO. The Hall–Kier alpha value is 0.696. The second-order valence-corrected chi connectivity index (χ2v) is 0.324. The Balaban J connectivity index is 0. The molecule has 28 valence electrons. The van der Waals surface area contributed by atoms with Gasteiger partial charge in [0.2, 0.25) is 0 Å². The van der Waals surface area contributed by atoms with E-state index in [-0.39, 0.29) is 17.1 Å². The summed E-state index contributed by atoms with van der Waals surface area (Å²) in [4.78, 5) is 8.67. The van der Waals surface area contributed by atoms with Crippen LogP contribution in [0.2, 0.25) is 0 Å². The van der Waals surface area contributed by atoms with Gasteiger partial charge in [-0.25, -0.2) is 0 Å². The van der Waals surface area contributed by atoms with Crippen molar-refractivity contribution in [1.82, 2.24) is 0 Å². The van der Waals surface area contributed by atoms with Crippen molar-refractivity contribution in [1.29, 1.82) is 0 Å². The molecule has 0 N–H and O–H groups in total. The van der Waals surface area contributed by atoms with E-state index in [1.807, 2.05) is 0 Å². The van der Waals surface area contributed by atoms with Gasteiger partial charge < -0.3 is 0 Å². The molecular weight excluding hydrogens is 143 g/mol. The van der Waals surface area contributed by atoms with E-state index < -0.39 is 0 Å². The van der Waals surface area contributed by atoms with E-state index in [9.17, 15) is 0 Å². The maximum atomic E-state index is 8.67. The molecule has 4 heavy (non-hydrogen) atoms. The van der Waals surface area contributed by atoms with Gasteiger partial charge in [0.05, 0.1) is 0 Å². The molecule has 0 radical (unpaired) electrons. The fourth-order valence-electron chi connectivity index (χ4n) is 0. The van der Waals surface area contributed by atoms with Crippen LogP contribution in [0.15, 0.2) is 0 Å². The normalized spacial score (nSPS) is 3.50. The van der Waals surface area contributed by atoms with Crippen LogP contribution in [-0.4, -0.2) is 5.22 Å². The summed E-state index contributed by atoms with van der Waals surface area (Å²) in [6.45, 7) is 0. The van der Waals surface area contributed by atoms with Crippen molar-refractivity contribution in [2.45, 2.75) is 0 Å². The van der Waals surface area contributed by atoms with Gasteiger partial charge in [0.25, 0.3) is 0 Å². The molecule has 0 atom stereocenters. The van der Waals surface area contributed by atoms with Gasteiger partial charge in [-0.2, -0.15) is 0 Å². The van der Waals surface area contributed by atoms with E-state index in [0.717, 1.165) is 0 Å². The molecule has 0 fully saturated rings. The van der Waals surface area contributed by atoms with Crippen molar-refractivity contribution in [2.24, 2.45) is 0 Å². The zero-order valence-electron chi connectivity index (χ0n) is 1.67. The standard InChI is InChI=1S/CHO.Co.Fe/c1-2;;/h1H;;. The summed E-state index contributed by atoms with van der Waals surface area (Å²) < 4.78 is 0. The Morgan fingerprint density at radius 3 is 1.75 bits per heavy atom. The Labute approximate surface area is 43.2 Å². The second kappa shape index (κ2) is 9.34. The molecule has 0 amide bonds. The fourth-order valence-corrected chi connectivity index (χ4v) is 0. The third-order valence-corrected chi connectivity index (χ3v) is 0. The Kier molecular flexibility index (Phi) is 20.6. The minimum absolute atomic E-state index is 0. The van der Waals surface area contributed by atoms with Crippen LogP contribution in [0.25, 0.3) is 0 Å². The molecule has 0 rings (SSSR count). The number of hydrogen-bond donors (Lipinski definition) is 0. The average molecular weight is 144 g/mol. The van der Waals surface area contributed by atoms with E-state index in [2.05, 4.69) is 15.7 Å². The van der Waals surface area contributed by atoms with Gasteiger partial charge in [-0.1, -0.05) is 0 Å². The van der Waals surface area contributed by atoms with E-state index in [4.69, 9.17) is 4.79 Å². The molecule has 0 saturated carbocycles. The second-order valence-electron chi connectivity index (χ2n) is 0.0786.